The minimum absolute atomic E-state index is 0.169. The number of carbonyl (C=O) groups is 1. The number of carbonyl (C=O) groups excluding carboxylic acids is 1. The van der Waals surface area contributed by atoms with Crippen LogP contribution in [0.5, 0.6) is 0 Å². The van der Waals surface area contributed by atoms with Gasteiger partial charge in [0.05, 0.1) is 6.04 Å². The molecule has 0 aliphatic carbocycles. The fourth-order valence-corrected chi connectivity index (χ4v) is 5.31. The van der Waals surface area contributed by atoms with E-state index in [2.05, 4.69) is 46.9 Å². The number of aliphatic hydroxyl groups is 1. The molecule has 2 atom stereocenters. The average Bonchev–Trinajstić information content (AvgIpc) is 3.28. The highest BCUT2D eigenvalue weighted by atomic mass is 19.1. The summed E-state index contributed by atoms with van der Waals surface area (Å²) in [5.41, 5.74) is 2.12. The molecule has 2 unspecified atom stereocenters. The first-order chi connectivity index (χ1) is 18.5. The summed E-state index contributed by atoms with van der Waals surface area (Å²) in [4.78, 5) is 15.1. The molecule has 0 aliphatic rings. The minimum Gasteiger partial charge on any atom is -0.387 e. The van der Waals surface area contributed by atoms with E-state index in [1.807, 2.05) is 47.2 Å². The van der Waals surface area contributed by atoms with E-state index in [0.29, 0.717) is 31.0 Å². The highest BCUT2D eigenvalue weighted by molar-refractivity contribution is 5.78. The summed E-state index contributed by atoms with van der Waals surface area (Å²) in [5, 5.41) is 13.5. The molecule has 0 radical (unpaired) electrons. The van der Waals surface area contributed by atoms with Crippen molar-refractivity contribution in [2.45, 2.75) is 66.6 Å². The summed E-state index contributed by atoms with van der Waals surface area (Å²) in [5.74, 6) is -1.02. The first-order valence-electron chi connectivity index (χ1n) is 13.8. The first-order valence-corrected chi connectivity index (χ1v) is 13.8. The van der Waals surface area contributed by atoms with Crippen LogP contribution in [0.15, 0.2) is 60.8 Å². The molecule has 0 saturated heterocycles. The summed E-state index contributed by atoms with van der Waals surface area (Å²) >= 11 is 0. The van der Waals surface area contributed by atoms with E-state index in [-0.39, 0.29) is 17.5 Å². The van der Waals surface area contributed by atoms with Crippen molar-refractivity contribution in [1.82, 2.24) is 14.8 Å². The van der Waals surface area contributed by atoms with Crippen LogP contribution in [-0.2, 0) is 11.3 Å². The maximum atomic E-state index is 14.9. The molecule has 0 saturated carbocycles. The lowest BCUT2D eigenvalue weighted by molar-refractivity contribution is -0.139. The molecule has 0 bridgehead atoms. The number of halogens is 2. The molecule has 5 nitrogen and oxygen atoms in total. The molecule has 7 heteroatoms. The Kier molecular flexibility index (Phi) is 10.4. The Labute approximate surface area is 231 Å². The van der Waals surface area contributed by atoms with Crippen LogP contribution < -0.4 is 5.32 Å². The fraction of sp³-hybridized carbons (Fsp3) is 0.469. The molecule has 0 spiro atoms. The van der Waals surface area contributed by atoms with Gasteiger partial charge in [-0.2, -0.15) is 0 Å². The van der Waals surface area contributed by atoms with Gasteiger partial charge in [0, 0.05) is 42.1 Å². The predicted molar refractivity (Wildman–Crippen MR) is 153 cm³/mol. The Bertz CT molecular complexity index is 1220. The lowest BCUT2D eigenvalue weighted by Crippen LogP contribution is -2.46. The molecule has 3 rings (SSSR count). The van der Waals surface area contributed by atoms with Crippen molar-refractivity contribution in [3.8, 4) is 11.1 Å². The van der Waals surface area contributed by atoms with Crippen LogP contribution in [0.3, 0.4) is 0 Å². The predicted octanol–water partition coefficient (Wildman–Crippen LogP) is 6.41. The van der Waals surface area contributed by atoms with E-state index in [1.165, 1.54) is 6.07 Å². The third-order valence-electron chi connectivity index (χ3n) is 7.18. The normalized spacial score (nSPS) is 13.5. The summed E-state index contributed by atoms with van der Waals surface area (Å²) < 4.78 is 31.1. The topological polar surface area (TPSA) is 57.5 Å². The van der Waals surface area contributed by atoms with Gasteiger partial charge < -0.3 is 19.9 Å². The SMILES string of the molecule is CCNC(CCN(C(=O)CO)C(c1cc(-c2cc(F)ccc2F)cn1Cc1ccccc1)C(C)(C)C)C(C)C. The molecule has 1 aromatic heterocycles. The number of rotatable bonds is 12. The smallest absolute Gasteiger partial charge is 0.248 e. The minimum atomic E-state index is -0.606. The Morgan fingerprint density at radius 1 is 1.08 bits per heavy atom. The van der Waals surface area contributed by atoms with E-state index in [4.69, 9.17) is 0 Å². The Morgan fingerprint density at radius 3 is 2.36 bits per heavy atom. The number of aliphatic hydroxyl groups excluding tert-OH is 1. The third kappa shape index (κ3) is 7.76. The number of aromatic nitrogens is 1. The van der Waals surface area contributed by atoms with Crippen LogP contribution >= 0.6 is 0 Å². The van der Waals surface area contributed by atoms with Crippen molar-refractivity contribution in [2.75, 3.05) is 19.7 Å². The van der Waals surface area contributed by atoms with E-state index in [1.54, 1.807) is 4.90 Å². The molecule has 2 N–H and O–H groups in total. The Morgan fingerprint density at radius 2 is 1.77 bits per heavy atom. The molecule has 39 heavy (non-hydrogen) atoms. The summed E-state index contributed by atoms with van der Waals surface area (Å²) in [6.45, 7) is 13.7. The summed E-state index contributed by atoms with van der Waals surface area (Å²) in [7, 11) is 0. The van der Waals surface area contributed by atoms with Gasteiger partial charge in [0.2, 0.25) is 5.91 Å². The molecule has 2 aromatic carbocycles. The van der Waals surface area contributed by atoms with E-state index in [0.717, 1.165) is 29.9 Å². The van der Waals surface area contributed by atoms with Gasteiger partial charge in [-0.25, -0.2) is 8.78 Å². The zero-order chi connectivity index (χ0) is 28.7. The number of hydrogen-bond donors (Lipinski definition) is 2. The van der Waals surface area contributed by atoms with Gasteiger partial charge in [-0.1, -0.05) is 71.9 Å². The van der Waals surface area contributed by atoms with Gasteiger partial charge in [-0.05, 0) is 54.1 Å². The van der Waals surface area contributed by atoms with Crippen molar-refractivity contribution in [3.63, 3.8) is 0 Å². The Balaban J connectivity index is 2.16. The zero-order valence-corrected chi connectivity index (χ0v) is 24.0. The maximum absolute atomic E-state index is 14.9. The molecular formula is C32H43F2N3O2. The van der Waals surface area contributed by atoms with Crippen molar-refractivity contribution >= 4 is 5.91 Å². The number of hydrogen-bond acceptors (Lipinski definition) is 3. The van der Waals surface area contributed by atoms with E-state index >= 15 is 0 Å². The zero-order valence-electron chi connectivity index (χ0n) is 24.0. The van der Waals surface area contributed by atoms with Gasteiger partial charge in [-0.3, -0.25) is 4.79 Å². The molecular weight excluding hydrogens is 496 g/mol. The number of amides is 1. The lowest BCUT2D eigenvalue weighted by atomic mass is 9.82. The van der Waals surface area contributed by atoms with Crippen LogP contribution in [0.1, 0.15) is 65.3 Å². The van der Waals surface area contributed by atoms with Crippen LogP contribution in [0, 0.1) is 23.0 Å². The molecule has 212 valence electrons. The van der Waals surface area contributed by atoms with Gasteiger partial charge >= 0.3 is 0 Å². The lowest BCUT2D eigenvalue weighted by Gasteiger charge is -2.41. The number of benzene rings is 2. The molecule has 1 heterocycles. The van der Waals surface area contributed by atoms with Gasteiger partial charge in [0.1, 0.15) is 18.2 Å². The van der Waals surface area contributed by atoms with Crippen LogP contribution in [0.25, 0.3) is 11.1 Å². The third-order valence-corrected chi connectivity index (χ3v) is 7.18. The monoisotopic (exact) mass is 539 g/mol. The highest BCUT2D eigenvalue weighted by Crippen LogP contribution is 2.41. The largest absolute Gasteiger partial charge is 0.387 e. The quantitative estimate of drug-likeness (QED) is 0.280. The molecule has 3 aromatic rings. The van der Waals surface area contributed by atoms with Crippen molar-refractivity contribution in [1.29, 1.82) is 0 Å². The van der Waals surface area contributed by atoms with E-state index in [9.17, 15) is 18.7 Å². The van der Waals surface area contributed by atoms with Crippen molar-refractivity contribution in [2.24, 2.45) is 11.3 Å². The highest BCUT2D eigenvalue weighted by Gasteiger charge is 2.37. The van der Waals surface area contributed by atoms with Crippen LogP contribution in [0.4, 0.5) is 8.78 Å². The second kappa shape index (κ2) is 13.4. The van der Waals surface area contributed by atoms with Gasteiger partial charge in [-0.15, -0.1) is 0 Å². The van der Waals surface area contributed by atoms with Crippen molar-refractivity contribution in [3.05, 3.63) is 83.7 Å². The standard InChI is InChI=1S/C32H43F2N3O2/c1-7-35-28(22(2)3)15-16-37(30(39)21-38)31(32(4,5)6)29-17-24(26-18-25(33)13-14-27(26)34)20-36(29)19-23-11-9-8-10-12-23/h8-14,17-18,20,22,28,31,35,38H,7,15-16,19,21H2,1-6H3. The van der Waals surface area contributed by atoms with Crippen LogP contribution in [-0.4, -0.2) is 46.2 Å². The van der Waals surface area contributed by atoms with Crippen molar-refractivity contribution < 1.29 is 18.7 Å². The fourth-order valence-electron chi connectivity index (χ4n) is 5.31. The molecule has 0 aliphatic heterocycles. The molecule has 1 amide bonds. The maximum Gasteiger partial charge on any atom is 0.248 e. The van der Waals surface area contributed by atoms with Crippen LogP contribution in [0.2, 0.25) is 0 Å². The molecule has 0 fully saturated rings. The first kappa shape index (κ1) is 30.5. The number of nitrogens with zero attached hydrogens (tertiary/aromatic N) is 2. The average molecular weight is 540 g/mol. The van der Waals surface area contributed by atoms with E-state index < -0.39 is 29.7 Å². The second-order valence-corrected chi connectivity index (χ2v) is 11.6. The summed E-state index contributed by atoms with van der Waals surface area (Å²) in [6, 6.07) is 15.0. The van der Waals surface area contributed by atoms with Gasteiger partial charge in [0.25, 0.3) is 0 Å². The van der Waals surface area contributed by atoms with Gasteiger partial charge in [0.15, 0.2) is 0 Å². The number of nitrogens with one attached hydrogen (secondary N) is 1. The second-order valence-electron chi connectivity index (χ2n) is 11.6. The summed E-state index contributed by atoms with van der Waals surface area (Å²) in [6.07, 6.45) is 2.55. The Hall–Kier alpha value is -3.03.